The molecule has 17 heavy (non-hydrogen) atoms. The van der Waals surface area contributed by atoms with E-state index in [4.69, 9.17) is 11.5 Å². The van der Waals surface area contributed by atoms with Gasteiger partial charge in [0.25, 0.3) is 0 Å². The Labute approximate surface area is 107 Å². The van der Waals surface area contributed by atoms with Crippen LogP contribution in [0.3, 0.4) is 0 Å². The van der Waals surface area contributed by atoms with Gasteiger partial charge >= 0.3 is 6.03 Å². The summed E-state index contributed by atoms with van der Waals surface area (Å²) in [6.45, 7) is 4.40. The zero-order valence-electron chi connectivity index (χ0n) is 10.0. The first-order valence-electron chi connectivity index (χ1n) is 5.56. The number of likely N-dealkylation sites (tertiary alicyclic amines) is 1. The summed E-state index contributed by atoms with van der Waals surface area (Å²) in [5, 5.41) is 2.06. The summed E-state index contributed by atoms with van der Waals surface area (Å²) in [6, 6.07) is -0.339. The van der Waals surface area contributed by atoms with Crippen LogP contribution in [0.1, 0.15) is 19.8 Å². The van der Waals surface area contributed by atoms with Crippen LogP contribution in [0.5, 0.6) is 0 Å². The van der Waals surface area contributed by atoms with E-state index in [0.717, 1.165) is 13.0 Å². The number of urea groups is 1. The number of hydrogen-bond donors (Lipinski definition) is 3. The number of carbonyl (C=O) groups is 2. The Balaban J connectivity index is 0.00000256. The molecule has 2 atom stereocenters. The standard InChI is InChI=1S/C10H20N4O2.ClH/c1-7-4-8(5-11)6-14(7)3-2-9(15)13-10(12)16;/h7-8H,2-6,11H2,1H3,(H3,12,13,15,16);1H. The quantitative estimate of drug-likeness (QED) is 0.647. The van der Waals surface area contributed by atoms with Gasteiger partial charge in [-0.1, -0.05) is 0 Å². The average molecular weight is 265 g/mol. The fourth-order valence-electron chi connectivity index (χ4n) is 2.15. The van der Waals surface area contributed by atoms with Crippen molar-refractivity contribution in [2.24, 2.45) is 17.4 Å². The predicted molar refractivity (Wildman–Crippen MR) is 67.8 cm³/mol. The van der Waals surface area contributed by atoms with E-state index in [1.807, 2.05) is 0 Å². The minimum atomic E-state index is -0.792. The van der Waals surface area contributed by atoms with Gasteiger partial charge in [0, 0.05) is 25.6 Å². The van der Waals surface area contributed by atoms with Crippen molar-refractivity contribution in [1.82, 2.24) is 10.2 Å². The molecule has 1 fully saturated rings. The first kappa shape index (κ1) is 16.1. The van der Waals surface area contributed by atoms with Crippen LogP contribution in [0.4, 0.5) is 4.79 Å². The van der Waals surface area contributed by atoms with Crippen molar-refractivity contribution < 1.29 is 9.59 Å². The van der Waals surface area contributed by atoms with Crippen molar-refractivity contribution in [3.63, 3.8) is 0 Å². The second-order valence-electron chi connectivity index (χ2n) is 4.34. The summed E-state index contributed by atoms with van der Waals surface area (Å²) >= 11 is 0. The molecule has 100 valence electrons. The first-order chi connectivity index (χ1) is 7.52. The van der Waals surface area contributed by atoms with Gasteiger partial charge in [-0.05, 0) is 25.8 Å². The number of amides is 3. The van der Waals surface area contributed by atoms with Crippen LogP contribution in [-0.2, 0) is 4.79 Å². The SMILES string of the molecule is CC1CC(CN)CN1CCC(=O)NC(N)=O.Cl. The minimum Gasteiger partial charge on any atom is -0.351 e. The highest BCUT2D eigenvalue weighted by Gasteiger charge is 2.27. The lowest BCUT2D eigenvalue weighted by Crippen LogP contribution is -2.38. The fourth-order valence-corrected chi connectivity index (χ4v) is 2.15. The van der Waals surface area contributed by atoms with Crippen molar-refractivity contribution in [3.05, 3.63) is 0 Å². The smallest absolute Gasteiger partial charge is 0.318 e. The molecule has 2 unspecified atom stereocenters. The molecule has 7 heteroatoms. The van der Waals surface area contributed by atoms with Gasteiger partial charge in [-0.25, -0.2) is 4.79 Å². The summed E-state index contributed by atoms with van der Waals surface area (Å²) < 4.78 is 0. The topological polar surface area (TPSA) is 101 Å². The Morgan fingerprint density at radius 2 is 2.12 bits per heavy atom. The van der Waals surface area contributed by atoms with Crippen LogP contribution in [0, 0.1) is 5.92 Å². The van der Waals surface area contributed by atoms with E-state index in [2.05, 4.69) is 17.1 Å². The Morgan fingerprint density at radius 1 is 1.47 bits per heavy atom. The minimum absolute atomic E-state index is 0. The average Bonchev–Trinajstić information content (AvgIpc) is 2.55. The summed E-state index contributed by atoms with van der Waals surface area (Å²) in [5.74, 6) is 0.199. The second kappa shape index (κ2) is 7.47. The van der Waals surface area contributed by atoms with Gasteiger partial charge in [0.1, 0.15) is 0 Å². The summed E-state index contributed by atoms with van der Waals surface area (Å²) in [7, 11) is 0. The van der Waals surface area contributed by atoms with Crippen LogP contribution in [0.2, 0.25) is 0 Å². The molecule has 3 amide bonds. The lowest BCUT2D eigenvalue weighted by Gasteiger charge is -2.20. The summed E-state index contributed by atoms with van der Waals surface area (Å²) in [4.78, 5) is 23.9. The number of primary amides is 1. The Kier molecular flexibility index (Phi) is 7.10. The second-order valence-corrected chi connectivity index (χ2v) is 4.34. The maximum Gasteiger partial charge on any atom is 0.318 e. The van der Waals surface area contributed by atoms with Crippen LogP contribution in [0.25, 0.3) is 0 Å². The van der Waals surface area contributed by atoms with Crippen molar-refractivity contribution in [2.45, 2.75) is 25.8 Å². The molecule has 0 aromatic rings. The van der Waals surface area contributed by atoms with Crippen molar-refractivity contribution in [2.75, 3.05) is 19.6 Å². The van der Waals surface area contributed by atoms with Crippen molar-refractivity contribution >= 4 is 24.3 Å². The lowest BCUT2D eigenvalue weighted by molar-refractivity contribution is -0.120. The zero-order chi connectivity index (χ0) is 12.1. The molecule has 5 N–H and O–H groups in total. The van der Waals surface area contributed by atoms with Gasteiger partial charge in [-0.2, -0.15) is 0 Å². The molecule has 1 aliphatic rings. The van der Waals surface area contributed by atoms with Crippen molar-refractivity contribution in [1.29, 1.82) is 0 Å². The number of carbonyl (C=O) groups excluding carboxylic acids is 2. The van der Waals surface area contributed by atoms with E-state index < -0.39 is 6.03 Å². The molecule has 0 spiro atoms. The van der Waals surface area contributed by atoms with Crippen LogP contribution < -0.4 is 16.8 Å². The Morgan fingerprint density at radius 3 is 2.59 bits per heavy atom. The van der Waals surface area contributed by atoms with Gasteiger partial charge < -0.3 is 11.5 Å². The highest BCUT2D eigenvalue weighted by molar-refractivity contribution is 5.93. The lowest BCUT2D eigenvalue weighted by atomic mass is 10.1. The van der Waals surface area contributed by atoms with E-state index >= 15 is 0 Å². The van der Waals surface area contributed by atoms with Gasteiger partial charge in [0.05, 0.1) is 0 Å². The van der Waals surface area contributed by atoms with Gasteiger partial charge in [-0.3, -0.25) is 15.0 Å². The number of halogens is 1. The molecule has 1 heterocycles. The summed E-state index contributed by atoms with van der Waals surface area (Å²) in [6.07, 6.45) is 1.37. The van der Waals surface area contributed by atoms with Gasteiger partial charge in [0.15, 0.2) is 0 Å². The van der Waals surface area contributed by atoms with E-state index in [1.165, 1.54) is 0 Å². The van der Waals surface area contributed by atoms with Crippen molar-refractivity contribution in [3.8, 4) is 0 Å². The van der Waals surface area contributed by atoms with E-state index in [0.29, 0.717) is 31.5 Å². The number of hydrogen-bond acceptors (Lipinski definition) is 4. The third-order valence-electron chi connectivity index (χ3n) is 3.01. The molecule has 6 nitrogen and oxygen atoms in total. The predicted octanol–water partition coefficient (Wildman–Crippen LogP) is -0.338. The largest absolute Gasteiger partial charge is 0.351 e. The molecule has 1 aliphatic heterocycles. The molecule has 0 aromatic carbocycles. The van der Waals surface area contributed by atoms with Gasteiger partial charge in [-0.15, -0.1) is 12.4 Å². The maximum atomic E-state index is 11.2. The number of imide groups is 1. The highest BCUT2D eigenvalue weighted by Crippen LogP contribution is 2.21. The molecule has 0 bridgehead atoms. The van der Waals surface area contributed by atoms with Crippen LogP contribution in [-0.4, -0.2) is 42.5 Å². The van der Waals surface area contributed by atoms with E-state index in [-0.39, 0.29) is 18.3 Å². The number of nitrogens with two attached hydrogens (primary N) is 2. The molecule has 0 saturated carbocycles. The first-order valence-corrected chi connectivity index (χ1v) is 5.56. The Hall–Kier alpha value is -0.850. The number of nitrogens with one attached hydrogen (secondary N) is 1. The third-order valence-corrected chi connectivity index (χ3v) is 3.01. The molecule has 0 radical (unpaired) electrons. The van der Waals surface area contributed by atoms with Crippen LogP contribution in [0.15, 0.2) is 0 Å². The molecular formula is C10H21ClN4O2. The van der Waals surface area contributed by atoms with Gasteiger partial charge in [0.2, 0.25) is 5.91 Å². The Bertz CT molecular complexity index is 275. The monoisotopic (exact) mass is 264 g/mol. The normalized spacial score (nSPS) is 24.1. The molecule has 1 rings (SSSR count). The summed E-state index contributed by atoms with van der Waals surface area (Å²) in [5.41, 5.74) is 10.5. The fraction of sp³-hybridized carbons (Fsp3) is 0.800. The van der Waals surface area contributed by atoms with E-state index in [9.17, 15) is 9.59 Å². The van der Waals surface area contributed by atoms with E-state index in [1.54, 1.807) is 0 Å². The molecule has 1 saturated heterocycles. The number of nitrogens with zero attached hydrogens (tertiary/aromatic N) is 1. The van der Waals surface area contributed by atoms with Crippen LogP contribution >= 0.6 is 12.4 Å². The zero-order valence-corrected chi connectivity index (χ0v) is 10.8. The third kappa shape index (κ3) is 5.34. The molecular weight excluding hydrogens is 244 g/mol. The number of rotatable bonds is 4. The molecule has 0 aromatic heterocycles. The maximum absolute atomic E-state index is 11.2. The highest BCUT2D eigenvalue weighted by atomic mass is 35.5. The molecule has 0 aliphatic carbocycles.